The Kier molecular flexibility index (Phi) is 5.59. The molecule has 1 aliphatic carbocycles. The standard InChI is InChI=1S/C25H27ClN10/c1-3-34-14-25(15-34)6-8-35(9-7-25)19-11-16(12-27)10-18(21(19)26)31-24-32-22(30-17-4-5-17)23-29-13-20(28-2)36(23)33-24/h10-11,13,17H,3-9,14-15H2,1H3,(H2,30,31,32,33). The summed E-state index contributed by atoms with van der Waals surface area (Å²) in [4.78, 5) is 17.3. The molecule has 2 aromatic heterocycles. The summed E-state index contributed by atoms with van der Waals surface area (Å²) >= 11 is 6.91. The van der Waals surface area contributed by atoms with Crippen LogP contribution in [0.15, 0.2) is 18.3 Å². The van der Waals surface area contributed by atoms with E-state index < -0.39 is 0 Å². The Bertz CT molecular complexity index is 1400. The summed E-state index contributed by atoms with van der Waals surface area (Å²) in [6, 6.07) is 6.19. The van der Waals surface area contributed by atoms with E-state index in [2.05, 4.69) is 53.3 Å². The summed E-state index contributed by atoms with van der Waals surface area (Å²) < 4.78 is 1.48. The molecule has 0 unspecified atom stereocenters. The second-order valence-corrected chi connectivity index (χ2v) is 10.4. The third-order valence-electron chi connectivity index (χ3n) is 7.54. The first-order chi connectivity index (χ1) is 17.5. The molecule has 184 valence electrons. The average molecular weight is 503 g/mol. The number of likely N-dealkylation sites (tertiary alicyclic amines) is 1. The van der Waals surface area contributed by atoms with Crippen LogP contribution in [0.25, 0.3) is 10.5 Å². The van der Waals surface area contributed by atoms with Crippen LogP contribution in [-0.4, -0.2) is 63.2 Å². The lowest BCUT2D eigenvalue weighted by atomic mass is 9.72. The van der Waals surface area contributed by atoms with Gasteiger partial charge in [-0.05, 0) is 49.8 Å². The minimum absolute atomic E-state index is 0.281. The number of nitrogens with zero attached hydrogens (tertiary/aromatic N) is 8. The fourth-order valence-corrected chi connectivity index (χ4v) is 5.57. The molecule has 2 N–H and O–H groups in total. The zero-order valence-corrected chi connectivity index (χ0v) is 20.9. The lowest BCUT2D eigenvalue weighted by Gasteiger charge is -2.54. The monoisotopic (exact) mass is 502 g/mol. The van der Waals surface area contributed by atoms with Gasteiger partial charge in [0.2, 0.25) is 0 Å². The van der Waals surface area contributed by atoms with Crippen molar-refractivity contribution >= 4 is 46.2 Å². The molecule has 0 amide bonds. The molecular formula is C25H27ClN10. The van der Waals surface area contributed by atoms with Crippen molar-refractivity contribution in [3.05, 3.63) is 40.3 Å². The molecule has 2 aliphatic heterocycles. The molecule has 0 bridgehead atoms. The van der Waals surface area contributed by atoms with E-state index in [0.29, 0.717) is 45.0 Å². The summed E-state index contributed by atoms with van der Waals surface area (Å²) in [5, 5.41) is 21.4. The number of halogens is 1. The molecule has 11 heteroatoms. The molecule has 0 atom stereocenters. The summed E-state index contributed by atoms with van der Waals surface area (Å²) in [6.45, 7) is 14.9. The van der Waals surface area contributed by atoms with Crippen LogP contribution >= 0.6 is 11.6 Å². The van der Waals surface area contributed by atoms with E-state index in [0.717, 1.165) is 51.0 Å². The Balaban J connectivity index is 1.30. The second-order valence-electron chi connectivity index (χ2n) is 10.1. The minimum atomic E-state index is 0.281. The maximum Gasteiger partial charge on any atom is 0.275 e. The Labute approximate surface area is 214 Å². The molecule has 1 saturated carbocycles. The highest BCUT2D eigenvalue weighted by molar-refractivity contribution is 6.36. The first-order valence-electron chi connectivity index (χ1n) is 12.4. The van der Waals surface area contributed by atoms with Crippen LogP contribution < -0.4 is 15.5 Å². The Morgan fingerprint density at radius 3 is 2.72 bits per heavy atom. The van der Waals surface area contributed by atoms with Crippen molar-refractivity contribution in [1.29, 1.82) is 5.26 Å². The Morgan fingerprint density at radius 2 is 2.06 bits per heavy atom. The van der Waals surface area contributed by atoms with Gasteiger partial charge in [0, 0.05) is 32.2 Å². The fraction of sp³-hybridized carbons (Fsp3) is 0.480. The molecule has 10 nitrogen and oxygen atoms in total. The van der Waals surface area contributed by atoms with Crippen LogP contribution in [0.5, 0.6) is 0 Å². The number of piperidine rings is 1. The van der Waals surface area contributed by atoms with Crippen molar-refractivity contribution in [2.75, 3.05) is 48.3 Å². The number of imidazole rings is 1. The molecule has 0 radical (unpaired) electrons. The SMILES string of the molecule is [C-]#[N+]c1cnc2c(NC3CC3)nc(Nc3cc(C#N)cc(N4CCC5(CC4)CN(CC)C5)c3Cl)nn12. The topological polar surface area (TPSA) is 102 Å². The van der Waals surface area contributed by atoms with Gasteiger partial charge >= 0.3 is 0 Å². The summed E-state index contributed by atoms with van der Waals surface area (Å²) in [5.41, 5.74) is 2.86. The van der Waals surface area contributed by atoms with Crippen molar-refractivity contribution in [3.63, 3.8) is 0 Å². The lowest BCUT2D eigenvalue weighted by molar-refractivity contribution is -0.0143. The third-order valence-corrected chi connectivity index (χ3v) is 7.93. The molecule has 3 aromatic rings. The van der Waals surface area contributed by atoms with Gasteiger partial charge in [0.05, 0.1) is 34.2 Å². The van der Waals surface area contributed by atoms with E-state index in [1.807, 2.05) is 6.07 Å². The van der Waals surface area contributed by atoms with Gasteiger partial charge in [-0.25, -0.2) is 4.98 Å². The van der Waals surface area contributed by atoms with Crippen molar-refractivity contribution in [2.45, 2.75) is 38.6 Å². The maximum absolute atomic E-state index is 9.73. The fourth-order valence-electron chi connectivity index (χ4n) is 5.30. The van der Waals surface area contributed by atoms with Crippen molar-refractivity contribution in [1.82, 2.24) is 24.5 Å². The maximum atomic E-state index is 9.73. The van der Waals surface area contributed by atoms with Gasteiger partial charge < -0.3 is 25.3 Å². The van der Waals surface area contributed by atoms with Gasteiger partial charge in [-0.1, -0.05) is 30.2 Å². The molecule has 1 spiro atoms. The van der Waals surface area contributed by atoms with Gasteiger partial charge in [0.25, 0.3) is 17.4 Å². The van der Waals surface area contributed by atoms with Crippen LogP contribution in [-0.2, 0) is 0 Å². The van der Waals surface area contributed by atoms with Crippen LogP contribution in [0.4, 0.5) is 29.0 Å². The number of rotatable bonds is 6. The summed E-state index contributed by atoms with van der Waals surface area (Å²) in [6.07, 6.45) is 5.88. The van der Waals surface area contributed by atoms with E-state index in [1.165, 1.54) is 23.8 Å². The van der Waals surface area contributed by atoms with E-state index in [-0.39, 0.29) is 5.95 Å². The zero-order chi connectivity index (χ0) is 24.9. The lowest BCUT2D eigenvalue weighted by Crippen LogP contribution is -2.60. The van der Waals surface area contributed by atoms with Gasteiger partial charge in [0.15, 0.2) is 5.82 Å². The van der Waals surface area contributed by atoms with Crippen molar-refractivity contribution < 1.29 is 0 Å². The van der Waals surface area contributed by atoms with Crippen molar-refractivity contribution in [2.24, 2.45) is 5.41 Å². The van der Waals surface area contributed by atoms with Gasteiger partial charge in [-0.2, -0.15) is 10.2 Å². The van der Waals surface area contributed by atoms with Crippen LogP contribution in [0.3, 0.4) is 0 Å². The molecule has 6 rings (SSSR count). The highest BCUT2D eigenvalue weighted by atomic mass is 35.5. The highest BCUT2D eigenvalue weighted by Gasteiger charge is 2.44. The van der Waals surface area contributed by atoms with Gasteiger partial charge in [-0.15, -0.1) is 4.52 Å². The predicted molar refractivity (Wildman–Crippen MR) is 139 cm³/mol. The molecule has 3 fully saturated rings. The molecule has 4 heterocycles. The number of aromatic nitrogens is 4. The number of hydrogen-bond acceptors (Lipinski definition) is 8. The minimum Gasteiger partial charge on any atom is -0.370 e. The highest BCUT2D eigenvalue weighted by Crippen LogP contribution is 2.43. The molecule has 3 aliphatic rings. The van der Waals surface area contributed by atoms with Crippen LogP contribution in [0, 0.1) is 23.3 Å². The average Bonchev–Trinajstić information content (AvgIpc) is 3.59. The molecule has 2 saturated heterocycles. The van der Waals surface area contributed by atoms with Crippen LogP contribution in [0.1, 0.15) is 38.2 Å². The Hall–Kier alpha value is -3.60. The largest absolute Gasteiger partial charge is 0.370 e. The quantitative estimate of drug-likeness (QED) is 0.477. The number of hydrogen-bond donors (Lipinski definition) is 2. The predicted octanol–water partition coefficient (Wildman–Crippen LogP) is 4.44. The number of nitriles is 1. The van der Waals surface area contributed by atoms with Gasteiger partial charge in [-0.3, -0.25) is 0 Å². The molecular weight excluding hydrogens is 476 g/mol. The summed E-state index contributed by atoms with van der Waals surface area (Å²) in [7, 11) is 0. The first-order valence-corrected chi connectivity index (χ1v) is 12.8. The number of fused-ring (bicyclic) bond motifs is 1. The van der Waals surface area contributed by atoms with E-state index >= 15 is 0 Å². The first kappa shape index (κ1) is 22.8. The number of anilines is 4. The normalized spacial score (nSPS) is 19.1. The molecule has 36 heavy (non-hydrogen) atoms. The summed E-state index contributed by atoms with van der Waals surface area (Å²) in [5.74, 6) is 1.15. The molecule has 1 aromatic carbocycles. The number of nitrogens with one attached hydrogen (secondary N) is 2. The van der Waals surface area contributed by atoms with E-state index in [4.69, 9.17) is 18.2 Å². The van der Waals surface area contributed by atoms with E-state index in [1.54, 1.807) is 6.07 Å². The number of benzene rings is 1. The third kappa shape index (κ3) is 4.06. The van der Waals surface area contributed by atoms with Gasteiger partial charge in [0.1, 0.15) is 0 Å². The van der Waals surface area contributed by atoms with Crippen molar-refractivity contribution in [3.8, 4) is 6.07 Å². The smallest absolute Gasteiger partial charge is 0.275 e. The second kappa shape index (κ2) is 8.81. The van der Waals surface area contributed by atoms with E-state index in [9.17, 15) is 5.26 Å². The Morgan fingerprint density at radius 1 is 1.28 bits per heavy atom. The zero-order valence-electron chi connectivity index (χ0n) is 20.1. The van der Waals surface area contributed by atoms with Crippen LogP contribution in [0.2, 0.25) is 5.02 Å².